The van der Waals surface area contributed by atoms with Gasteiger partial charge in [-0.2, -0.15) is 0 Å². The van der Waals surface area contributed by atoms with E-state index in [1.54, 1.807) is 0 Å². The third-order valence-corrected chi connectivity index (χ3v) is 4.31. The number of likely N-dealkylation sites (N-methyl/N-ethyl adjacent to an activating group) is 1. The molecule has 0 saturated carbocycles. The molecule has 3 heteroatoms. The molecule has 0 amide bonds. The Morgan fingerprint density at radius 3 is 1.82 bits per heavy atom. The van der Waals surface area contributed by atoms with E-state index >= 15 is 0 Å². The van der Waals surface area contributed by atoms with Crippen LogP contribution in [0.5, 0.6) is 0 Å². The number of likely N-dealkylation sites (tertiary alicyclic amines) is 1. The van der Waals surface area contributed by atoms with Crippen molar-refractivity contribution in [3.63, 3.8) is 0 Å². The zero-order valence-electron chi connectivity index (χ0n) is 11.5. The maximum atomic E-state index is 2.67. The van der Waals surface area contributed by atoms with Crippen LogP contribution in [0, 0.1) is 0 Å². The molecule has 2 aliphatic rings. The highest BCUT2D eigenvalue weighted by Gasteiger charge is 2.15. The molecular weight excluding hydrogens is 210 g/mol. The molecule has 3 nitrogen and oxygen atoms in total. The molecule has 0 aromatic rings. The van der Waals surface area contributed by atoms with Gasteiger partial charge in [-0.15, -0.1) is 0 Å². The van der Waals surface area contributed by atoms with Gasteiger partial charge in [0.05, 0.1) is 0 Å². The van der Waals surface area contributed by atoms with Crippen LogP contribution < -0.4 is 0 Å². The lowest BCUT2D eigenvalue weighted by Gasteiger charge is -2.29. The smallest absolute Gasteiger partial charge is 0.0110 e. The lowest BCUT2D eigenvalue weighted by molar-refractivity contribution is 0.183. The first-order valence-electron chi connectivity index (χ1n) is 7.55. The van der Waals surface area contributed by atoms with Crippen LogP contribution in [-0.2, 0) is 0 Å². The van der Waals surface area contributed by atoms with Gasteiger partial charge in [-0.3, -0.25) is 0 Å². The Hall–Kier alpha value is -0.120. The van der Waals surface area contributed by atoms with Gasteiger partial charge in [0.1, 0.15) is 0 Å². The van der Waals surface area contributed by atoms with Gasteiger partial charge in [-0.1, -0.05) is 13.3 Å². The fourth-order valence-corrected chi connectivity index (χ4v) is 3.03. The fraction of sp³-hybridized carbons (Fsp3) is 1.00. The summed E-state index contributed by atoms with van der Waals surface area (Å²) in [5, 5.41) is 0. The predicted molar refractivity (Wildman–Crippen MR) is 73.5 cm³/mol. The Kier molecular flexibility index (Phi) is 5.75. The first kappa shape index (κ1) is 13.3. The predicted octanol–water partition coefficient (Wildman–Crippen LogP) is 1.50. The van der Waals surface area contributed by atoms with Gasteiger partial charge in [0.25, 0.3) is 0 Å². The molecule has 0 radical (unpaired) electrons. The van der Waals surface area contributed by atoms with Gasteiger partial charge in [-0.05, 0) is 52.0 Å². The number of hydrogen-bond donors (Lipinski definition) is 0. The Labute approximate surface area is 107 Å². The highest BCUT2D eigenvalue weighted by Crippen LogP contribution is 2.09. The average Bonchev–Trinajstić information content (AvgIpc) is 2.62. The van der Waals surface area contributed by atoms with Crippen LogP contribution in [0.3, 0.4) is 0 Å². The molecule has 100 valence electrons. The summed E-state index contributed by atoms with van der Waals surface area (Å²) in [5.41, 5.74) is 0. The van der Waals surface area contributed by atoms with Crippen molar-refractivity contribution in [1.29, 1.82) is 0 Å². The molecule has 0 aliphatic carbocycles. The van der Waals surface area contributed by atoms with Crippen LogP contribution in [-0.4, -0.2) is 73.6 Å². The second-order valence-electron chi connectivity index (χ2n) is 5.53. The zero-order valence-corrected chi connectivity index (χ0v) is 11.5. The molecule has 0 aromatic heterocycles. The molecule has 0 aromatic carbocycles. The molecule has 2 aliphatic heterocycles. The summed E-state index contributed by atoms with van der Waals surface area (Å²) >= 11 is 0. The van der Waals surface area contributed by atoms with E-state index in [2.05, 4.69) is 21.6 Å². The number of rotatable bonds is 4. The van der Waals surface area contributed by atoms with Crippen molar-refractivity contribution in [2.75, 3.05) is 58.9 Å². The van der Waals surface area contributed by atoms with Gasteiger partial charge in [0, 0.05) is 26.2 Å². The van der Waals surface area contributed by atoms with Crippen LogP contribution >= 0.6 is 0 Å². The SMILES string of the molecule is CCN1CCCN(CCN2CCCCC2)CC1. The van der Waals surface area contributed by atoms with Gasteiger partial charge < -0.3 is 14.7 Å². The second kappa shape index (κ2) is 7.34. The van der Waals surface area contributed by atoms with Crippen molar-refractivity contribution in [2.45, 2.75) is 32.6 Å². The van der Waals surface area contributed by atoms with Gasteiger partial charge >= 0.3 is 0 Å². The summed E-state index contributed by atoms with van der Waals surface area (Å²) in [6.07, 6.45) is 5.65. The zero-order chi connectivity index (χ0) is 11.9. The van der Waals surface area contributed by atoms with E-state index in [1.807, 2.05) is 0 Å². The molecule has 0 unspecified atom stereocenters. The molecule has 0 atom stereocenters. The Morgan fingerprint density at radius 2 is 1.12 bits per heavy atom. The van der Waals surface area contributed by atoms with Crippen LogP contribution in [0.4, 0.5) is 0 Å². The van der Waals surface area contributed by atoms with E-state index in [-0.39, 0.29) is 0 Å². The van der Waals surface area contributed by atoms with Crippen molar-refractivity contribution < 1.29 is 0 Å². The van der Waals surface area contributed by atoms with E-state index in [4.69, 9.17) is 0 Å². The minimum absolute atomic E-state index is 1.22. The molecule has 0 bridgehead atoms. The van der Waals surface area contributed by atoms with Crippen molar-refractivity contribution in [2.24, 2.45) is 0 Å². The van der Waals surface area contributed by atoms with Crippen molar-refractivity contribution in [3.05, 3.63) is 0 Å². The third kappa shape index (κ3) is 4.57. The summed E-state index contributed by atoms with van der Waals surface area (Å²) in [6, 6.07) is 0. The molecule has 2 fully saturated rings. The topological polar surface area (TPSA) is 9.72 Å². The van der Waals surface area contributed by atoms with E-state index in [1.165, 1.54) is 84.6 Å². The van der Waals surface area contributed by atoms with Crippen LogP contribution in [0.1, 0.15) is 32.6 Å². The van der Waals surface area contributed by atoms with Crippen molar-refractivity contribution >= 4 is 0 Å². The number of hydrogen-bond acceptors (Lipinski definition) is 3. The summed E-state index contributed by atoms with van der Waals surface area (Å²) < 4.78 is 0. The summed E-state index contributed by atoms with van der Waals surface area (Å²) in [5.74, 6) is 0. The summed E-state index contributed by atoms with van der Waals surface area (Å²) in [7, 11) is 0. The van der Waals surface area contributed by atoms with E-state index < -0.39 is 0 Å². The minimum atomic E-state index is 1.22. The lowest BCUT2D eigenvalue weighted by atomic mass is 10.1. The van der Waals surface area contributed by atoms with Gasteiger partial charge in [0.15, 0.2) is 0 Å². The van der Waals surface area contributed by atoms with Gasteiger partial charge in [0.2, 0.25) is 0 Å². The average molecular weight is 239 g/mol. The Bertz CT molecular complexity index is 202. The maximum absolute atomic E-state index is 2.67. The quantitative estimate of drug-likeness (QED) is 0.736. The number of piperidine rings is 1. The van der Waals surface area contributed by atoms with Crippen LogP contribution in [0.15, 0.2) is 0 Å². The standard InChI is InChI=1S/C14H29N3/c1-2-15-9-6-10-17(12-11-15)14-13-16-7-4-3-5-8-16/h2-14H2,1H3. The molecule has 2 heterocycles. The molecular formula is C14H29N3. The first-order valence-corrected chi connectivity index (χ1v) is 7.55. The maximum Gasteiger partial charge on any atom is 0.0110 e. The van der Waals surface area contributed by atoms with Crippen LogP contribution in [0.25, 0.3) is 0 Å². The fourth-order valence-electron chi connectivity index (χ4n) is 3.03. The largest absolute Gasteiger partial charge is 0.302 e. The summed E-state index contributed by atoms with van der Waals surface area (Å²) in [4.78, 5) is 7.91. The first-order chi connectivity index (χ1) is 8.38. The molecule has 2 rings (SSSR count). The molecule has 0 N–H and O–H groups in total. The normalized spacial score (nSPS) is 25.9. The van der Waals surface area contributed by atoms with E-state index in [9.17, 15) is 0 Å². The monoisotopic (exact) mass is 239 g/mol. The van der Waals surface area contributed by atoms with Crippen molar-refractivity contribution in [3.8, 4) is 0 Å². The van der Waals surface area contributed by atoms with E-state index in [0.29, 0.717) is 0 Å². The lowest BCUT2D eigenvalue weighted by Crippen LogP contribution is -2.39. The summed E-state index contributed by atoms with van der Waals surface area (Å²) in [6.45, 7) is 13.9. The van der Waals surface area contributed by atoms with Crippen LogP contribution in [0.2, 0.25) is 0 Å². The highest BCUT2D eigenvalue weighted by molar-refractivity contribution is 4.71. The Balaban J connectivity index is 1.64. The Morgan fingerprint density at radius 1 is 0.588 bits per heavy atom. The molecule has 17 heavy (non-hydrogen) atoms. The second-order valence-corrected chi connectivity index (χ2v) is 5.53. The molecule has 0 spiro atoms. The van der Waals surface area contributed by atoms with E-state index in [0.717, 1.165) is 0 Å². The van der Waals surface area contributed by atoms with Crippen molar-refractivity contribution in [1.82, 2.24) is 14.7 Å². The highest BCUT2D eigenvalue weighted by atomic mass is 15.2. The minimum Gasteiger partial charge on any atom is -0.302 e. The van der Waals surface area contributed by atoms with Gasteiger partial charge in [-0.25, -0.2) is 0 Å². The number of nitrogens with zero attached hydrogens (tertiary/aromatic N) is 3. The third-order valence-electron chi connectivity index (χ3n) is 4.31. The molecule has 2 saturated heterocycles.